The van der Waals surface area contributed by atoms with Gasteiger partial charge in [0.05, 0.1) is 0 Å². The Morgan fingerprint density at radius 3 is 1.91 bits per heavy atom. The molecule has 1 fully saturated rings. The van der Waals surface area contributed by atoms with Crippen LogP contribution in [0.4, 0.5) is 8.78 Å². The summed E-state index contributed by atoms with van der Waals surface area (Å²) in [6.07, 6.45) is 0.839. The van der Waals surface area contributed by atoms with Gasteiger partial charge in [0.15, 0.2) is 0 Å². The van der Waals surface area contributed by atoms with Crippen molar-refractivity contribution < 1.29 is 8.78 Å². The molecule has 0 unspecified atom stereocenters. The van der Waals surface area contributed by atoms with Gasteiger partial charge in [0.25, 0.3) is 0 Å². The fraction of sp³-hybridized carbons (Fsp3) is 1.00. The predicted octanol–water partition coefficient (Wildman–Crippen LogP) is 2.19. The van der Waals surface area contributed by atoms with Crippen LogP contribution in [0, 0.1) is 5.41 Å². The Balaban J connectivity index is 0.000001000. The molecular formula is C7H14ClF2N. The van der Waals surface area contributed by atoms with Gasteiger partial charge in [0.2, 0.25) is 6.43 Å². The molecule has 0 aromatic carbocycles. The van der Waals surface area contributed by atoms with Crippen LogP contribution in [0.1, 0.15) is 25.7 Å². The summed E-state index contributed by atoms with van der Waals surface area (Å²) in [6, 6.07) is 0. The highest BCUT2D eigenvalue weighted by atomic mass is 35.5. The second kappa shape index (κ2) is 4.21. The third-order valence-corrected chi connectivity index (χ3v) is 2.47. The van der Waals surface area contributed by atoms with Crippen LogP contribution in [0.15, 0.2) is 0 Å². The molecule has 0 radical (unpaired) electrons. The molecule has 0 aromatic heterocycles. The SMILES string of the molecule is Cl.NCC1(C(F)F)CCCC1. The molecular weight excluding hydrogens is 172 g/mol. The van der Waals surface area contributed by atoms with E-state index in [0.29, 0.717) is 12.8 Å². The fourth-order valence-electron chi connectivity index (χ4n) is 1.59. The van der Waals surface area contributed by atoms with Crippen LogP contribution in [0.25, 0.3) is 0 Å². The van der Waals surface area contributed by atoms with Crippen molar-refractivity contribution in [3.63, 3.8) is 0 Å². The Hall–Kier alpha value is 0.110. The van der Waals surface area contributed by atoms with Crippen molar-refractivity contribution in [2.45, 2.75) is 32.1 Å². The van der Waals surface area contributed by atoms with E-state index in [0.717, 1.165) is 12.8 Å². The summed E-state index contributed by atoms with van der Waals surface area (Å²) in [5.74, 6) is 0. The molecule has 1 aliphatic rings. The molecule has 1 aliphatic carbocycles. The van der Waals surface area contributed by atoms with Gasteiger partial charge < -0.3 is 5.73 Å². The zero-order valence-electron chi connectivity index (χ0n) is 6.35. The lowest BCUT2D eigenvalue weighted by atomic mass is 9.87. The van der Waals surface area contributed by atoms with E-state index in [1.165, 1.54) is 0 Å². The summed E-state index contributed by atoms with van der Waals surface area (Å²) in [6.45, 7) is 0.144. The molecule has 0 bridgehead atoms. The first-order valence-electron chi connectivity index (χ1n) is 3.69. The molecule has 0 aromatic rings. The van der Waals surface area contributed by atoms with Crippen LogP contribution < -0.4 is 5.73 Å². The van der Waals surface area contributed by atoms with Crippen molar-refractivity contribution >= 4 is 12.4 Å². The second-order valence-corrected chi connectivity index (χ2v) is 3.07. The fourth-order valence-corrected chi connectivity index (χ4v) is 1.59. The lowest BCUT2D eigenvalue weighted by Crippen LogP contribution is -2.34. The van der Waals surface area contributed by atoms with Crippen molar-refractivity contribution in [2.24, 2.45) is 11.1 Å². The quantitative estimate of drug-likeness (QED) is 0.702. The van der Waals surface area contributed by atoms with Crippen LogP contribution in [-0.2, 0) is 0 Å². The molecule has 1 saturated carbocycles. The second-order valence-electron chi connectivity index (χ2n) is 3.07. The van der Waals surface area contributed by atoms with Crippen LogP contribution >= 0.6 is 12.4 Å². The van der Waals surface area contributed by atoms with Crippen LogP contribution in [-0.4, -0.2) is 13.0 Å². The lowest BCUT2D eigenvalue weighted by molar-refractivity contribution is 0.00504. The van der Waals surface area contributed by atoms with Crippen LogP contribution in [0.2, 0.25) is 0 Å². The maximum Gasteiger partial charge on any atom is 0.245 e. The maximum absolute atomic E-state index is 12.3. The highest BCUT2D eigenvalue weighted by molar-refractivity contribution is 5.85. The van der Waals surface area contributed by atoms with E-state index in [4.69, 9.17) is 5.73 Å². The van der Waals surface area contributed by atoms with Crippen molar-refractivity contribution in [1.82, 2.24) is 0 Å². The first kappa shape index (κ1) is 11.1. The zero-order chi connectivity index (χ0) is 7.61. The minimum Gasteiger partial charge on any atom is -0.330 e. The van der Waals surface area contributed by atoms with Gasteiger partial charge in [-0.25, -0.2) is 8.78 Å². The van der Waals surface area contributed by atoms with Gasteiger partial charge in [0, 0.05) is 12.0 Å². The third-order valence-electron chi connectivity index (χ3n) is 2.47. The van der Waals surface area contributed by atoms with E-state index in [1.807, 2.05) is 0 Å². The molecule has 0 heterocycles. The minimum absolute atomic E-state index is 0. The minimum atomic E-state index is -2.22. The topological polar surface area (TPSA) is 26.0 Å². The Kier molecular flexibility index (Phi) is 4.26. The van der Waals surface area contributed by atoms with Gasteiger partial charge in [0.1, 0.15) is 0 Å². The summed E-state index contributed by atoms with van der Waals surface area (Å²) >= 11 is 0. The molecule has 0 aliphatic heterocycles. The Bertz CT molecular complexity index is 113. The van der Waals surface area contributed by atoms with E-state index in [-0.39, 0.29) is 19.0 Å². The Morgan fingerprint density at radius 2 is 1.73 bits per heavy atom. The smallest absolute Gasteiger partial charge is 0.245 e. The van der Waals surface area contributed by atoms with Crippen molar-refractivity contribution in [3.05, 3.63) is 0 Å². The summed E-state index contributed by atoms with van der Waals surface area (Å²) < 4.78 is 24.6. The number of nitrogens with two attached hydrogens (primary N) is 1. The number of rotatable bonds is 2. The number of alkyl halides is 2. The average Bonchev–Trinajstić information content (AvgIpc) is 2.35. The largest absolute Gasteiger partial charge is 0.330 e. The Morgan fingerprint density at radius 1 is 1.27 bits per heavy atom. The molecule has 0 amide bonds. The normalized spacial score (nSPS) is 21.8. The van der Waals surface area contributed by atoms with E-state index in [1.54, 1.807) is 0 Å². The monoisotopic (exact) mass is 185 g/mol. The van der Waals surface area contributed by atoms with Gasteiger partial charge in [-0.1, -0.05) is 12.8 Å². The first-order chi connectivity index (χ1) is 4.71. The highest BCUT2D eigenvalue weighted by Crippen LogP contribution is 2.41. The van der Waals surface area contributed by atoms with E-state index >= 15 is 0 Å². The third kappa shape index (κ3) is 2.03. The van der Waals surface area contributed by atoms with Gasteiger partial charge >= 0.3 is 0 Å². The molecule has 1 rings (SSSR count). The number of halogens is 3. The number of hydrogen-bond acceptors (Lipinski definition) is 1. The first-order valence-corrected chi connectivity index (χ1v) is 3.69. The molecule has 0 spiro atoms. The van der Waals surface area contributed by atoms with Crippen molar-refractivity contribution in [1.29, 1.82) is 0 Å². The van der Waals surface area contributed by atoms with Gasteiger partial charge in [-0.05, 0) is 12.8 Å². The highest BCUT2D eigenvalue weighted by Gasteiger charge is 2.40. The van der Waals surface area contributed by atoms with Crippen molar-refractivity contribution in [3.8, 4) is 0 Å². The van der Waals surface area contributed by atoms with Crippen LogP contribution in [0.3, 0.4) is 0 Å². The number of hydrogen-bond donors (Lipinski definition) is 1. The molecule has 11 heavy (non-hydrogen) atoms. The van der Waals surface area contributed by atoms with E-state index < -0.39 is 11.8 Å². The molecule has 4 heteroatoms. The molecule has 2 N–H and O–H groups in total. The van der Waals surface area contributed by atoms with E-state index in [9.17, 15) is 8.78 Å². The zero-order valence-corrected chi connectivity index (χ0v) is 7.17. The van der Waals surface area contributed by atoms with Crippen molar-refractivity contribution in [2.75, 3.05) is 6.54 Å². The van der Waals surface area contributed by atoms with Crippen LogP contribution in [0.5, 0.6) is 0 Å². The Labute approximate surface area is 71.7 Å². The summed E-state index contributed by atoms with van der Waals surface area (Å²) in [5, 5.41) is 0. The predicted molar refractivity (Wildman–Crippen MR) is 43.2 cm³/mol. The lowest BCUT2D eigenvalue weighted by Gasteiger charge is -2.25. The van der Waals surface area contributed by atoms with E-state index in [2.05, 4.69) is 0 Å². The van der Waals surface area contributed by atoms with Gasteiger partial charge in [-0.2, -0.15) is 0 Å². The summed E-state index contributed by atoms with van der Waals surface area (Å²) in [7, 11) is 0. The average molecular weight is 186 g/mol. The summed E-state index contributed by atoms with van der Waals surface area (Å²) in [4.78, 5) is 0. The summed E-state index contributed by atoms with van der Waals surface area (Å²) in [5.41, 5.74) is 4.47. The van der Waals surface area contributed by atoms with Gasteiger partial charge in [-0.15, -0.1) is 12.4 Å². The molecule has 0 saturated heterocycles. The maximum atomic E-state index is 12.3. The molecule has 1 nitrogen and oxygen atoms in total. The molecule has 0 atom stereocenters. The standard InChI is InChI=1S/C7H13F2N.ClH/c8-6(9)7(5-10)3-1-2-4-7;/h6H,1-5,10H2;1H. The van der Waals surface area contributed by atoms with Gasteiger partial charge in [-0.3, -0.25) is 0 Å². The molecule has 68 valence electrons.